The molecular weight excluding hydrogens is 600 g/mol. The average Bonchev–Trinajstić information content (AvgIpc) is 3.44. The van der Waals surface area contributed by atoms with Crippen LogP contribution < -0.4 is 5.01 Å². The second-order valence-corrected chi connectivity index (χ2v) is 11.1. The van der Waals surface area contributed by atoms with Crippen LogP contribution in [0.15, 0.2) is 81.1 Å². The van der Waals surface area contributed by atoms with E-state index in [1.165, 1.54) is 0 Å². The van der Waals surface area contributed by atoms with Gasteiger partial charge in [0.2, 0.25) is 5.88 Å². The number of amides is 1. The number of methoxy groups -OCH3 is 1. The molecule has 16 nitrogen and oxygen atoms in total. The van der Waals surface area contributed by atoms with Gasteiger partial charge in [0.05, 0.1) is 39.4 Å². The lowest BCUT2D eigenvalue weighted by molar-refractivity contribution is -0.132. The summed E-state index contributed by atoms with van der Waals surface area (Å²) in [5, 5.41) is 28.8. The fraction of sp³-hybridized carbons (Fsp3) is 0.0417. The van der Waals surface area contributed by atoms with Gasteiger partial charge in [-0.15, -0.1) is 0 Å². The fourth-order valence-corrected chi connectivity index (χ4v) is 4.62. The van der Waals surface area contributed by atoms with Gasteiger partial charge in [0.15, 0.2) is 11.4 Å². The zero-order valence-electron chi connectivity index (χ0n) is 21.0. The van der Waals surface area contributed by atoms with E-state index in [0.717, 1.165) is 83.6 Å². The monoisotopic (exact) mass is 618 g/mol. The van der Waals surface area contributed by atoms with Crippen molar-refractivity contribution in [3.05, 3.63) is 77.5 Å². The number of anilines is 1. The first-order valence-electron chi connectivity index (χ1n) is 11.2. The molecule has 0 aliphatic carbocycles. The minimum absolute atomic E-state index is 0.0354. The number of carboxylic acids is 1. The van der Waals surface area contributed by atoms with Gasteiger partial charge in [-0.3, -0.25) is 13.9 Å². The third-order valence-corrected chi connectivity index (χ3v) is 7.38. The molecule has 0 radical (unpaired) electrons. The molecule has 1 aromatic heterocycles. The van der Waals surface area contributed by atoms with Gasteiger partial charge < -0.3 is 14.9 Å². The van der Waals surface area contributed by atoms with E-state index in [1.54, 1.807) is 0 Å². The van der Waals surface area contributed by atoms with Gasteiger partial charge in [0.1, 0.15) is 0 Å². The number of hydrazone groups is 1. The maximum atomic E-state index is 13.1. The highest BCUT2D eigenvalue weighted by molar-refractivity contribution is 7.86. The van der Waals surface area contributed by atoms with Crippen LogP contribution in [0.5, 0.6) is 5.88 Å². The summed E-state index contributed by atoms with van der Waals surface area (Å²) in [5.74, 6) is -4.08. The molecule has 218 valence electrons. The van der Waals surface area contributed by atoms with Crippen molar-refractivity contribution in [2.75, 3.05) is 12.1 Å². The minimum atomic E-state index is -4.51. The van der Waals surface area contributed by atoms with E-state index in [9.17, 15) is 41.4 Å². The molecule has 42 heavy (non-hydrogen) atoms. The molecule has 2 heterocycles. The normalized spacial score (nSPS) is 14.9. The Morgan fingerprint density at radius 1 is 0.905 bits per heavy atom. The van der Waals surface area contributed by atoms with Crippen LogP contribution in [0, 0.1) is 0 Å². The summed E-state index contributed by atoms with van der Waals surface area (Å²) >= 11 is 0. The van der Waals surface area contributed by atoms with Crippen molar-refractivity contribution in [2.45, 2.75) is 9.79 Å². The Labute approximate surface area is 236 Å². The first-order valence-corrected chi connectivity index (χ1v) is 14.1. The standard InChI is InChI=1S/C24H18N4O12S2/c1-40-24(33)20-18(22(30)28(26-20)14-7-11-16(12-8-14)42(37,38)39)4-2-3-17-19(23(31)32)25-27(21(17)29)13-5-9-15(10-6-13)41(34,35)36/h2-12,29H,1H3,(H,31,32)(H,34,35,36)(H,37,38,39). The molecule has 1 aliphatic heterocycles. The van der Waals surface area contributed by atoms with Crippen molar-refractivity contribution in [2.24, 2.45) is 5.10 Å². The third-order valence-electron chi connectivity index (χ3n) is 5.64. The van der Waals surface area contributed by atoms with E-state index >= 15 is 0 Å². The second-order valence-electron chi connectivity index (χ2n) is 8.24. The first kappa shape index (κ1) is 29.8. The number of aromatic nitrogens is 2. The number of carbonyl (C=O) groups excluding carboxylic acids is 2. The van der Waals surface area contributed by atoms with E-state index < -0.39 is 65.2 Å². The molecule has 0 bridgehead atoms. The number of aromatic hydroxyl groups is 1. The summed E-state index contributed by atoms with van der Waals surface area (Å²) in [7, 11) is -7.97. The molecular formula is C24H18N4O12S2. The van der Waals surface area contributed by atoms with Crippen molar-refractivity contribution in [1.29, 1.82) is 0 Å². The van der Waals surface area contributed by atoms with Crippen molar-refractivity contribution in [3.63, 3.8) is 0 Å². The van der Waals surface area contributed by atoms with Crippen molar-refractivity contribution in [1.82, 2.24) is 9.78 Å². The number of hydrogen-bond donors (Lipinski definition) is 4. The molecule has 1 aliphatic rings. The molecule has 2 aromatic carbocycles. The van der Waals surface area contributed by atoms with E-state index in [-0.39, 0.29) is 22.5 Å². The number of hydrogen-bond acceptors (Lipinski definition) is 11. The average molecular weight is 619 g/mol. The topological polar surface area (TPSA) is 243 Å². The number of aromatic carboxylic acids is 1. The van der Waals surface area contributed by atoms with Gasteiger partial charge in [0, 0.05) is 0 Å². The van der Waals surface area contributed by atoms with E-state index in [2.05, 4.69) is 14.9 Å². The zero-order valence-corrected chi connectivity index (χ0v) is 22.6. The molecule has 4 rings (SSSR count). The van der Waals surface area contributed by atoms with Gasteiger partial charge in [-0.2, -0.15) is 36.7 Å². The molecule has 4 N–H and O–H groups in total. The highest BCUT2D eigenvalue weighted by atomic mass is 32.2. The molecule has 0 fully saturated rings. The van der Waals surface area contributed by atoms with Gasteiger partial charge in [-0.1, -0.05) is 6.08 Å². The molecule has 0 unspecified atom stereocenters. The van der Waals surface area contributed by atoms with Crippen LogP contribution in [0.25, 0.3) is 11.8 Å². The van der Waals surface area contributed by atoms with Crippen molar-refractivity contribution in [3.8, 4) is 11.6 Å². The van der Waals surface area contributed by atoms with Crippen LogP contribution in [0.3, 0.4) is 0 Å². The Bertz CT molecular complexity index is 1920. The quantitative estimate of drug-likeness (QED) is 0.158. The summed E-state index contributed by atoms with van der Waals surface area (Å²) in [5.41, 5.74) is -1.61. The number of carbonyl (C=O) groups is 3. The molecule has 3 aromatic rings. The van der Waals surface area contributed by atoms with Gasteiger partial charge >= 0.3 is 11.9 Å². The van der Waals surface area contributed by atoms with Crippen LogP contribution in [-0.2, 0) is 34.6 Å². The van der Waals surface area contributed by atoms with Crippen LogP contribution in [0.4, 0.5) is 5.69 Å². The fourth-order valence-electron chi connectivity index (χ4n) is 3.66. The summed E-state index contributed by atoms with van der Waals surface area (Å²) in [6.07, 6.45) is 3.30. The number of allylic oxidation sites excluding steroid dienone is 2. The first-order chi connectivity index (χ1) is 19.6. The van der Waals surface area contributed by atoms with E-state index in [0.29, 0.717) is 0 Å². The highest BCUT2D eigenvalue weighted by Gasteiger charge is 2.35. The maximum absolute atomic E-state index is 13.1. The zero-order chi connectivity index (χ0) is 31.0. The number of rotatable bonds is 8. The van der Waals surface area contributed by atoms with Crippen molar-refractivity contribution < 1.29 is 55.3 Å². The van der Waals surface area contributed by atoms with Crippen LogP contribution in [0.1, 0.15) is 16.1 Å². The van der Waals surface area contributed by atoms with Gasteiger partial charge in [0.25, 0.3) is 26.1 Å². The SMILES string of the molecule is COC(=O)C1=NN(c2ccc(S(=O)(=O)O)cc2)C(=O)C1=CC=Cc1c(C(=O)O)nn(-c2ccc(S(=O)(=O)O)cc2)c1O. The van der Waals surface area contributed by atoms with Crippen LogP contribution in [0.2, 0.25) is 0 Å². The predicted molar refractivity (Wildman–Crippen MR) is 142 cm³/mol. The molecule has 0 saturated heterocycles. The summed E-state index contributed by atoms with van der Waals surface area (Å²) in [4.78, 5) is 36.3. The Hall–Kier alpha value is -5.17. The highest BCUT2D eigenvalue weighted by Crippen LogP contribution is 2.29. The van der Waals surface area contributed by atoms with Crippen LogP contribution in [-0.4, -0.2) is 76.6 Å². The molecule has 0 saturated carbocycles. The second kappa shape index (κ2) is 11.0. The van der Waals surface area contributed by atoms with E-state index in [4.69, 9.17) is 9.11 Å². The van der Waals surface area contributed by atoms with Crippen LogP contribution >= 0.6 is 0 Å². The Kier molecular flexibility index (Phi) is 7.81. The summed E-state index contributed by atoms with van der Waals surface area (Å²) in [6, 6.07) is 8.67. The minimum Gasteiger partial charge on any atom is -0.493 e. The number of ether oxygens (including phenoxy) is 1. The summed E-state index contributed by atoms with van der Waals surface area (Å²) < 4.78 is 68.9. The smallest absolute Gasteiger partial charge is 0.359 e. The lowest BCUT2D eigenvalue weighted by Crippen LogP contribution is -2.22. The Balaban J connectivity index is 1.70. The lowest BCUT2D eigenvalue weighted by atomic mass is 10.1. The van der Waals surface area contributed by atoms with Crippen molar-refractivity contribution >= 4 is 55.6 Å². The number of nitrogens with zero attached hydrogens (tertiary/aromatic N) is 4. The number of benzene rings is 2. The molecule has 1 amide bonds. The molecule has 0 spiro atoms. The van der Waals surface area contributed by atoms with E-state index in [1.807, 2.05) is 0 Å². The largest absolute Gasteiger partial charge is 0.493 e. The maximum Gasteiger partial charge on any atom is 0.359 e. The Morgan fingerprint density at radius 3 is 1.90 bits per heavy atom. The Morgan fingerprint density at radius 2 is 1.43 bits per heavy atom. The third kappa shape index (κ3) is 5.81. The number of esters is 1. The number of carboxylic acid groups (broad SMARTS) is 1. The van der Waals surface area contributed by atoms with Gasteiger partial charge in [-0.05, 0) is 60.7 Å². The summed E-state index contributed by atoms with van der Waals surface area (Å²) in [6.45, 7) is 0. The van der Waals surface area contributed by atoms with Gasteiger partial charge in [-0.25, -0.2) is 9.59 Å². The molecule has 0 atom stereocenters. The predicted octanol–water partition coefficient (Wildman–Crippen LogP) is 1.28. The lowest BCUT2D eigenvalue weighted by Gasteiger charge is -2.11. The molecule has 18 heteroatoms.